The molecule has 3 aromatic rings. The van der Waals surface area contributed by atoms with Gasteiger partial charge in [-0.3, -0.25) is 19.3 Å². The molecule has 2 fully saturated rings. The number of carbonyl (C=O) groups excluding carboxylic acids is 4. The lowest BCUT2D eigenvalue weighted by Gasteiger charge is -2.51. The largest absolute Gasteiger partial charge is 0.447 e. The highest BCUT2D eigenvalue weighted by molar-refractivity contribution is 6.09. The van der Waals surface area contributed by atoms with E-state index in [-0.39, 0.29) is 18.7 Å². The van der Waals surface area contributed by atoms with E-state index >= 15 is 0 Å². The Hall–Kier alpha value is -4.93. The highest BCUT2D eigenvalue weighted by atomic mass is 19.4. The Kier molecular flexibility index (Phi) is 8.33. The van der Waals surface area contributed by atoms with Crippen LogP contribution >= 0.6 is 0 Å². The Balaban J connectivity index is 1.43. The predicted molar refractivity (Wildman–Crippen MR) is 150 cm³/mol. The first-order valence-corrected chi connectivity index (χ1v) is 13.6. The maximum absolute atomic E-state index is 13.8. The second-order valence-corrected chi connectivity index (χ2v) is 10.3. The van der Waals surface area contributed by atoms with Crippen LogP contribution in [0.15, 0.2) is 91.0 Å². The number of carbonyl (C=O) groups is 4. The molecule has 8 nitrogen and oxygen atoms in total. The number of hydrogen-bond acceptors (Lipinski definition) is 5. The number of benzene rings is 3. The number of β-lactam (4-membered cyclic amide) rings is 1. The molecule has 0 aliphatic carbocycles. The third-order valence-electron chi connectivity index (χ3n) is 7.47. The van der Waals surface area contributed by atoms with Gasteiger partial charge in [0.2, 0.25) is 5.91 Å². The van der Waals surface area contributed by atoms with Crippen molar-refractivity contribution in [2.75, 3.05) is 6.61 Å². The van der Waals surface area contributed by atoms with E-state index in [1.807, 2.05) is 48.5 Å². The molecule has 2 heterocycles. The zero-order valence-corrected chi connectivity index (χ0v) is 23.0. The standard InChI is InChI=1S/C32H28F3N3O5/c1-20(39)27(29(40)36-18-22-11-8-14-24(17-22)32(33,34)35)37-25(16-15-21-9-4-2-5-10-21)28(30(37)41)38-26(19-43-31(38)42)23-12-6-3-7-13-23/h2-17,25-28H,18-19H2,1H3,(H,36,40)/b16-15+/t25-,26-,27?,28+/m1/s1. The summed E-state index contributed by atoms with van der Waals surface area (Å²) in [7, 11) is 0. The van der Waals surface area contributed by atoms with E-state index in [4.69, 9.17) is 4.74 Å². The Morgan fingerprint density at radius 2 is 1.67 bits per heavy atom. The fourth-order valence-corrected chi connectivity index (χ4v) is 5.39. The van der Waals surface area contributed by atoms with Gasteiger partial charge in [0.05, 0.1) is 17.6 Å². The van der Waals surface area contributed by atoms with E-state index in [2.05, 4.69) is 5.32 Å². The van der Waals surface area contributed by atoms with Crippen molar-refractivity contribution in [3.63, 3.8) is 0 Å². The number of Topliss-reactive ketones (excluding diaryl/α,β-unsaturated/α-hetero) is 1. The number of nitrogens with zero attached hydrogens (tertiary/aromatic N) is 2. The molecule has 5 rings (SSSR count). The average molecular weight is 592 g/mol. The predicted octanol–water partition coefficient (Wildman–Crippen LogP) is 4.77. The quantitative estimate of drug-likeness (QED) is 0.286. The summed E-state index contributed by atoms with van der Waals surface area (Å²) >= 11 is 0. The van der Waals surface area contributed by atoms with E-state index in [0.29, 0.717) is 0 Å². The van der Waals surface area contributed by atoms with Crippen molar-refractivity contribution in [2.24, 2.45) is 0 Å². The zero-order valence-electron chi connectivity index (χ0n) is 23.0. The molecule has 0 radical (unpaired) electrons. The molecule has 0 aromatic heterocycles. The number of hydrogen-bond donors (Lipinski definition) is 1. The minimum absolute atomic E-state index is 0.0232. The van der Waals surface area contributed by atoms with Crippen molar-refractivity contribution >= 4 is 29.8 Å². The van der Waals surface area contributed by atoms with Crippen LogP contribution in [0.5, 0.6) is 0 Å². The Morgan fingerprint density at radius 3 is 2.33 bits per heavy atom. The third kappa shape index (κ3) is 6.15. The van der Waals surface area contributed by atoms with Crippen LogP contribution in [0.1, 0.15) is 35.2 Å². The number of ether oxygens (including phenoxy) is 1. The maximum atomic E-state index is 13.8. The number of ketones is 1. The van der Waals surface area contributed by atoms with Crippen LogP contribution in [0, 0.1) is 0 Å². The van der Waals surface area contributed by atoms with Gasteiger partial charge < -0.3 is 15.0 Å². The first-order valence-electron chi connectivity index (χ1n) is 13.6. The second kappa shape index (κ2) is 12.1. The highest BCUT2D eigenvalue weighted by Gasteiger charge is 2.58. The third-order valence-corrected chi connectivity index (χ3v) is 7.47. The van der Waals surface area contributed by atoms with Gasteiger partial charge in [-0.05, 0) is 35.7 Å². The molecule has 1 unspecified atom stereocenters. The summed E-state index contributed by atoms with van der Waals surface area (Å²) in [5.41, 5.74) is 0.842. The summed E-state index contributed by atoms with van der Waals surface area (Å²) in [5, 5.41) is 2.50. The summed E-state index contributed by atoms with van der Waals surface area (Å²) in [6.07, 6.45) is -1.87. The van der Waals surface area contributed by atoms with E-state index < -0.39 is 59.6 Å². The van der Waals surface area contributed by atoms with Gasteiger partial charge in [-0.15, -0.1) is 0 Å². The molecule has 4 atom stereocenters. The minimum atomic E-state index is -4.56. The smallest absolute Gasteiger partial charge is 0.416 e. The first-order chi connectivity index (χ1) is 20.6. The zero-order chi connectivity index (χ0) is 30.7. The van der Waals surface area contributed by atoms with Gasteiger partial charge in [-0.25, -0.2) is 4.79 Å². The van der Waals surface area contributed by atoms with Gasteiger partial charge in [0.1, 0.15) is 12.6 Å². The van der Waals surface area contributed by atoms with Crippen molar-refractivity contribution in [1.82, 2.24) is 15.1 Å². The maximum Gasteiger partial charge on any atom is 0.416 e. The number of nitrogens with one attached hydrogen (secondary N) is 1. The van der Waals surface area contributed by atoms with Gasteiger partial charge >= 0.3 is 12.3 Å². The summed E-state index contributed by atoms with van der Waals surface area (Å²) < 4.78 is 44.8. The van der Waals surface area contributed by atoms with Crippen molar-refractivity contribution in [3.05, 3.63) is 113 Å². The van der Waals surface area contributed by atoms with Gasteiger partial charge in [0.25, 0.3) is 5.91 Å². The molecule has 2 aliphatic rings. The fourth-order valence-electron chi connectivity index (χ4n) is 5.39. The molecule has 3 aromatic carbocycles. The van der Waals surface area contributed by atoms with E-state index in [1.165, 1.54) is 17.0 Å². The van der Waals surface area contributed by atoms with Crippen LogP contribution in [-0.2, 0) is 31.8 Å². The average Bonchev–Trinajstić information content (AvgIpc) is 3.37. The molecule has 0 saturated carbocycles. The first kappa shape index (κ1) is 29.6. The fraction of sp³-hybridized carbons (Fsp3) is 0.250. The topological polar surface area (TPSA) is 96.0 Å². The molecule has 11 heteroatoms. The molecule has 3 amide bonds. The number of rotatable bonds is 9. The van der Waals surface area contributed by atoms with E-state index in [9.17, 15) is 32.3 Å². The van der Waals surface area contributed by atoms with Crippen LogP contribution in [0.4, 0.5) is 18.0 Å². The Labute approximate surface area is 245 Å². The summed E-state index contributed by atoms with van der Waals surface area (Å²) in [6, 6.07) is 18.6. The van der Waals surface area contributed by atoms with Crippen LogP contribution in [0.3, 0.4) is 0 Å². The molecule has 2 aliphatic heterocycles. The number of alkyl halides is 3. The van der Waals surface area contributed by atoms with Crippen LogP contribution in [0.25, 0.3) is 6.08 Å². The van der Waals surface area contributed by atoms with Crippen molar-refractivity contribution in [2.45, 2.75) is 43.8 Å². The van der Waals surface area contributed by atoms with Gasteiger partial charge in [-0.1, -0.05) is 84.9 Å². The lowest BCUT2D eigenvalue weighted by atomic mass is 9.87. The van der Waals surface area contributed by atoms with Gasteiger partial charge in [0.15, 0.2) is 11.8 Å². The number of cyclic esters (lactones) is 1. The lowest BCUT2D eigenvalue weighted by molar-refractivity contribution is -0.165. The Bertz CT molecular complexity index is 1540. The molecule has 43 heavy (non-hydrogen) atoms. The summed E-state index contributed by atoms with van der Waals surface area (Å²) in [6.45, 7) is 0.885. The summed E-state index contributed by atoms with van der Waals surface area (Å²) in [4.78, 5) is 55.3. The molecular formula is C32H28F3N3O5. The van der Waals surface area contributed by atoms with Crippen molar-refractivity contribution < 1.29 is 37.1 Å². The molecule has 0 bridgehead atoms. The molecule has 1 N–H and O–H groups in total. The van der Waals surface area contributed by atoms with Crippen LogP contribution in [-0.4, -0.2) is 58.2 Å². The summed E-state index contributed by atoms with van der Waals surface area (Å²) in [5.74, 6) is -2.12. The SMILES string of the molecule is CC(=O)C(C(=O)NCc1cccc(C(F)(F)F)c1)N1C(=O)[C@@H](N2C(=O)OC[C@@H]2c2ccccc2)[C@H]1/C=C/c1ccccc1. The van der Waals surface area contributed by atoms with Crippen LogP contribution < -0.4 is 5.32 Å². The van der Waals surface area contributed by atoms with Gasteiger partial charge in [-0.2, -0.15) is 13.2 Å². The van der Waals surface area contributed by atoms with Gasteiger partial charge in [0, 0.05) is 6.54 Å². The Morgan fingerprint density at radius 1 is 1.00 bits per heavy atom. The highest BCUT2D eigenvalue weighted by Crippen LogP contribution is 2.38. The number of halogens is 3. The van der Waals surface area contributed by atoms with E-state index in [1.54, 1.807) is 24.3 Å². The number of amides is 3. The van der Waals surface area contributed by atoms with Crippen molar-refractivity contribution in [1.29, 1.82) is 0 Å². The normalized spacial score (nSPS) is 21.0. The number of likely N-dealkylation sites (tertiary alicyclic amines) is 1. The van der Waals surface area contributed by atoms with E-state index in [0.717, 1.165) is 35.1 Å². The van der Waals surface area contributed by atoms with Crippen LogP contribution in [0.2, 0.25) is 0 Å². The second-order valence-electron chi connectivity index (χ2n) is 10.3. The molecular weight excluding hydrogens is 563 g/mol. The lowest BCUT2D eigenvalue weighted by Crippen LogP contribution is -2.75. The molecule has 222 valence electrons. The van der Waals surface area contributed by atoms with Crippen molar-refractivity contribution in [3.8, 4) is 0 Å². The minimum Gasteiger partial charge on any atom is -0.447 e. The molecule has 2 saturated heterocycles. The molecule has 0 spiro atoms. The monoisotopic (exact) mass is 591 g/mol.